The molecular formula is C22H24N2O2S. The van der Waals surface area contributed by atoms with Gasteiger partial charge in [-0.05, 0) is 28.7 Å². The zero-order chi connectivity index (χ0) is 19.4. The number of nitrogens with one attached hydrogen (secondary N) is 1. The summed E-state index contributed by atoms with van der Waals surface area (Å²) in [5, 5.41) is 5.46. The van der Waals surface area contributed by atoms with Gasteiger partial charge in [-0.3, -0.25) is 4.79 Å². The molecule has 0 aliphatic heterocycles. The number of anilines is 1. The van der Waals surface area contributed by atoms with E-state index in [2.05, 4.69) is 55.3 Å². The molecule has 1 N–H and O–H groups in total. The molecule has 0 saturated carbocycles. The monoisotopic (exact) mass is 380 g/mol. The van der Waals surface area contributed by atoms with E-state index in [0.717, 1.165) is 22.6 Å². The van der Waals surface area contributed by atoms with Gasteiger partial charge in [0, 0.05) is 10.9 Å². The normalized spacial score (nSPS) is 11.3. The SMILES string of the molecule is COc1cccc(CC(=O)Nc2nc(-c3ccc(C(C)(C)C)cc3)cs2)c1. The molecule has 140 valence electrons. The Kier molecular flexibility index (Phi) is 5.61. The fraction of sp³-hybridized carbons (Fsp3) is 0.273. The van der Waals surface area contributed by atoms with Gasteiger partial charge in [-0.2, -0.15) is 0 Å². The standard InChI is InChI=1S/C22H24N2O2S/c1-22(2,3)17-10-8-16(9-11-17)19-14-27-21(23-19)24-20(25)13-15-6-5-7-18(12-15)26-4/h5-12,14H,13H2,1-4H3,(H,23,24,25). The first-order chi connectivity index (χ1) is 12.8. The van der Waals surface area contributed by atoms with Gasteiger partial charge in [-0.25, -0.2) is 4.98 Å². The summed E-state index contributed by atoms with van der Waals surface area (Å²) in [6, 6.07) is 15.9. The lowest BCUT2D eigenvalue weighted by Gasteiger charge is -2.18. The molecule has 0 saturated heterocycles. The van der Waals surface area contributed by atoms with Crippen LogP contribution in [0.2, 0.25) is 0 Å². The van der Waals surface area contributed by atoms with Crippen molar-refractivity contribution in [2.45, 2.75) is 32.6 Å². The van der Waals surface area contributed by atoms with Gasteiger partial charge in [0.1, 0.15) is 5.75 Å². The first kappa shape index (κ1) is 19.1. The van der Waals surface area contributed by atoms with E-state index in [1.165, 1.54) is 16.9 Å². The Bertz CT molecular complexity index is 924. The molecule has 0 radical (unpaired) electrons. The first-order valence-electron chi connectivity index (χ1n) is 8.84. The minimum Gasteiger partial charge on any atom is -0.497 e. The van der Waals surface area contributed by atoms with Crippen LogP contribution in [0.1, 0.15) is 31.9 Å². The molecule has 3 rings (SSSR count). The highest BCUT2D eigenvalue weighted by molar-refractivity contribution is 7.14. The molecule has 0 atom stereocenters. The average molecular weight is 381 g/mol. The van der Waals surface area contributed by atoms with Crippen molar-refractivity contribution in [1.82, 2.24) is 4.98 Å². The maximum atomic E-state index is 12.3. The summed E-state index contributed by atoms with van der Waals surface area (Å²) in [7, 11) is 1.62. The van der Waals surface area contributed by atoms with E-state index in [9.17, 15) is 4.79 Å². The van der Waals surface area contributed by atoms with Crippen LogP contribution in [-0.4, -0.2) is 18.0 Å². The molecule has 5 heteroatoms. The van der Waals surface area contributed by atoms with Crippen molar-refractivity contribution in [2.75, 3.05) is 12.4 Å². The van der Waals surface area contributed by atoms with E-state index in [0.29, 0.717) is 5.13 Å². The van der Waals surface area contributed by atoms with Crippen molar-refractivity contribution < 1.29 is 9.53 Å². The third-order valence-corrected chi connectivity index (χ3v) is 5.05. The summed E-state index contributed by atoms with van der Waals surface area (Å²) >= 11 is 1.43. The molecule has 1 aromatic heterocycles. The number of ether oxygens (including phenoxy) is 1. The van der Waals surface area contributed by atoms with Gasteiger partial charge >= 0.3 is 0 Å². The van der Waals surface area contributed by atoms with Crippen LogP contribution in [0.25, 0.3) is 11.3 Å². The van der Waals surface area contributed by atoms with Crippen molar-refractivity contribution in [2.24, 2.45) is 0 Å². The third kappa shape index (κ3) is 4.95. The fourth-order valence-electron chi connectivity index (χ4n) is 2.74. The van der Waals surface area contributed by atoms with Gasteiger partial charge in [0.25, 0.3) is 0 Å². The van der Waals surface area contributed by atoms with Crippen LogP contribution in [0, 0.1) is 0 Å². The number of thiazole rings is 1. The second kappa shape index (κ2) is 7.92. The van der Waals surface area contributed by atoms with E-state index in [1.807, 2.05) is 29.6 Å². The van der Waals surface area contributed by atoms with Gasteiger partial charge < -0.3 is 10.1 Å². The van der Waals surface area contributed by atoms with Crippen LogP contribution >= 0.6 is 11.3 Å². The number of nitrogens with zero attached hydrogens (tertiary/aromatic N) is 1. The molecule has 3 aromatic rings. The second-order valence-electron chi connectivity index (χ2n) is 7.44. The predicted molar refractivity (Wildman–Crippen MR) is 112 cm³/mol. The quantitative estimate of drug-likeness (QED) is 0.654. The highest BCUT2D eigenvalue weighted by Gasteiger charge is 2.14. The zero-order valence-electron chi connectivity index (χ0n) is 16.1. The van der Waals surface area contributed by atoms with E-state index in [4.69, 9.17) is 4.74 Å². The lowest BCUT2D eigenvalue weighted by Crippen LogP contribution is -2.14. The first-order valence-corrected chi connectivity index (χ1v) is 9.72. The fourth-order valence-corrected chi connectivity index (χ4v) is 3.47. The summed E-state index contributed by atoms with van der Waals surface area (Å²) in [5.41, 5.74) is 4.24. The largest absolute Gasteiger partial charge is 0.497 e. The summed E-state index contributed by atoms with van der Waals surface area (Å²) in [6.07, 6.45) is 0.284. The number of hydrogen-bond donors (Lipinski definition) is 1. The Morgan fingerprint density at radius 2 is 1.89 bits per heavy atom. The molecule has 0 aliphatic rings. The van der Waals surface area contributed by atoms with Crippen LogP contribution < -0.4 is 10.1 Å². The maximum Gasteiger partial charge on any atom is 0.230 e. The van der Waals surface area contributed by atoms with E-state index < -0.39 is 0 Å². The molecule has 0 spiro atoms. The Morgan fingerprint density at radius 3 is 2.56 bits per heavy atom. The highest BCUT2D eigenvalue weighted by Crippen LogP contribution is 2.28. The Hall–Kier alpha value is -2.66. The van der Waals surface area contributed by atoms with Crippen LogP contribution in [0.3, 0.4) is 0 Å². The van der Waals surface area contributed by atoms with Crippen LogP contribution in [-0.2, 0) is 16.6 Å². The van der Waals surface area contributed by atoms with E-state index in [1.54, 1.807) is 7.11 Å². The number of amides is 1. The number of benzene rings is 2. The molecule has 0 bridgehead atoms. The lowest BCUT2D eigenvalue weighted by molar-refractivity contribution is -0.115. The van der Waals surface area contributed by atoms with Gasteiger partial charge in [0.2, 0.25) is 5.91 Å². The topological polar surface area (TPSA) is 51.2 Å². The van der Waals surface area contributed by atoms with Crippen molar-refractivity contribution in [3.05, 3.63) is 65.0 Å². The molecule has 0 aliphatic carbocycles. The lowest BCUT2D eigenvalue weighted by atomic mass is 9.86. The smallest absolute Gasteiger partial charge is 0.230 e. The van der Waals surface area contributed by atoms with Crippen molar-refractivity contribution in [3.8, 4) is 17.0 Å². The number of methoxy groups -OCH3 is 1. The summed E-state index contributed by atoms with van der Waals surface area (Å²) in [6.45, 7) is 6.59. The molecule has 27 heavy (non-hydrogen) atoms. The number of carbonyl (C=O) groups is 1. The number of aromatic nitrogens is 1. The van der Waals surface area contributed by atoms with Crippen molar-refractivity contribution >= 4 is 22.4 Å². The van der Waals surface area contributed by atoms with Crippen LogP contribution in [0.15, 0.2) is 53.9 Å². The summed E-state index contributed by atoms with van der Waals surface area (Å²) in [4.78, 5) is 16.8. The van der Waals surface area contributed by atoms with Crippen molar-refractivity contribution in [3.63, 3.8) is 0 Å². The van der Waals surface area contributed by atoms with Crippen LogP contribution in [0.4, 0.5) is 5.13 Å². The van der Waals surface area contributed by atoms with Crippen molar-refractivity contribution in [1.29, 1.82) is 0 Å². The molecular weight excluding hydrogens is 356 g/mol. The summed E-state index contributed by atoms with van der Waals surface area (Å²) in [5.74, 6) is 0.655. The zero-order valence-corrected chi connectivity index (χ0v) is 16.9. The minimum atomic E-state index is -0.0905. The molecule has 1 heterocycles. The van der Waals surface area contributed by atoms with Gasteiger partial charge in [0.05, 0.1) is 19.2 Å². The number of hydrogen-bond acceptors (Lipinski definition) is 4. The third-order valence-electron chi connectivity index (χ3n) is 4.30. The Balaban J connectivity index is 1.66. The number of carbonyl (C=O) groups excluding carboxylic acids is 1. The van der Waals surface area contributed by atoms with Gasteiger partial charge in [0.15, 0.2) is 5.13 Å². The Labute approximate surface area is 164 Å². The van der Waals surface area contributed by atoms with E-state index >= 15 is 0 Å². The molecule has 0 fully saturated rings. The van der Waals surface area contributed by atoms with Gasteiger partial charge in [-0.15, -0.1) is 11.3 Å². The second-order valence-corrected chi connectivity index (χ2v) is 8.30. The number of rotatable bonds is 5. The van der Waals surface area contributed by atoms with Crippen LogP contribution in [0.5, 0.6) is 5.75 Å². The predicted octanol–water partition coefficient (Wildman–Crippen LogP) is 5.30. The molecule has 4 nitrogen and oxygen atoms in total. The van der Waals surface area contributed by atoms with Gasteiger partial charge in [-0.1, -0.05) is 57.2 Å². The Morgan fingerprint density at radius 1 is 1.15 bits per heavy atom. The highest BCUT2D eigenvalue weighted by atomic mass is 32.1. The maximum absolute atomic E-state index is 12.3. The molecule has 2 aromatic carbocycles. The molecule has 0 unspecified atom stereocenters. The molecule has 1 amide bonds. The minimum absolute atomic E-state index is 0.0905. The average Bonchev–Trinajstić information content (AvgIpc) is 3.09. The van der Waals surface area contributed by atoms with E-state index in [-0.39, 0.29) is 17.7 Å². The summed E-state index contributed by atoms with van der Waals surface area (Å²) < 4.78 is 5.19.